The van der Waals surface area contributed by atoms with Crippen molar-refractivity contribution in [2.75, 3.05) is 6.61 Å². The summed E-state index contributed by atoms with van der Waals surface area (Å²) in [6.45, 7) is 4.63. The topological polar surface area (TPSA) is 48.1 Å². The van der Waals surface area contributed by atoms with E-state index in [2.05, 4.69) is 10.4 Å². The molecule has 0 aliphatic rings. The Kier molecular flexibility index (Phi) is 4.33. The Morgan fingerprint density at radius 3 is 2.83 bits per heavy atom. The molecule has 0 aliphatic carbocycles. The summed E-state index contributed by atoms with van der Waals surface area (Å²) in [5, 5.41) is 3.13. The van der Waals surface area contributed by atoms with Gasteiger partial charge in [-0.1, -0.05) is 18.2 Å². The predicted molar refractivity (Wildman–Crippen MR) is 75.1 cm³/mol. The predicted octanol–water partition coefficient (Wildman–Crippen LogP) is 3.09. The van der Waals surface area contributed by atoms with Gasteiger partial charge in [0.2, 0.25) is 0 Å². The zero-order valence-electron chi connectivity index (χ0n) is 10.7. The van der Waals surface area contributed by atoms with E-state index in [1.54, 1.807) is 11.3 Å². The van der Waals surface area contributed by atoms with Gasteiger partial charge in [0.15, 0.2) is 0 Å². The first-order chi connectivity index (χ1) is 8.70. The lowest BCUT2D eigenvalue weighted by molar-refractivity contribution is 0.334. The third-order valence-corrected chi connectivity index (χ3v) is 3.67. The molecule has 3 nitrogen and oxygen atoms in total. The molecule has 0 amide bonds. The minimum absolute atomic E-state index is 0.0710. The highest BCUT2D eigenvalue weighted by molar-refractivity contribution is 7.09. The van der Waals surface area contributed by atoms with Crippen LogP contribution in [0.1, 0.15) is 29.2 Å². The van der Waals surface area contributed by atoms with Crippen LogP contribution in [0.5, 0.6) is 5.75 Å². The van der Waals surface area contributed by atoms with Crippen molar-refractivity contribution in [1.29, 1.82) is 0 Å². The Morgan fingerprint density at radius 1 is 1.39 bits per heavy atom. The number of hydrogen-bond acceptors (Lipinski definition) is 4. The fourth-order valence-electron chi connectivity index (χ4n) is 1.87. The van der Waals surface area contributed by atoms with Gasteiger partial charge in [0.05, 0.1) is 11.6 Å². The largest absolute Gasteiger partial charge is 0.494 e. The molecule has 2 N–H and O–H groups in total. The van der Waals surface area contributed by atoms with Crippen molar-refractivity contribution < 1.29 is 4.74 Å². The monoisotopic (exact) mass is 262 g/mol. The molecule has 0 fully saturated rings. The molecule has 1 heterocycles. The first kappa shape index (κ1) is 13.1. The number of aromatic nitrogens is 1. The molecule has 0 radical (unpaired) electrons. The fraction of sp³-hybridized carbons (Fsp3) is 0.357. The summed E-state index contributed by atoms with van der Waals surface area (Å²) in [4.78, 5) is 4.45. The van der Waals surface area contributed by atoms with Gasteiger partial charge in [0.1, 0.15) is 5.75 Å². The quantitative estimate of drug-likeness (QED) is 0.900. The van der Waals surface area contributed by atoms with E-state index in [0.29, 0.717) is 6.61 Å². The molecule has 0 saturated carbocycles. The van der Waals surface area contributed by atoms with Crippen molar-refractivity contribution in [3.8, 4) is 5.75 Å². The van der Waals surface area contributed by atoms with Crippen LogP contribution in [-0.2, 0) is 6.42 Å². The number of ether oxygens (including phenoxy) is 1. The minimum atomic E-state index is -0.0710. The molecule has 4 heteroatoms. The van der Waals surface area contributed by atoms with E-state index in [-0.39, 0.29) is 6.04 Å². The number of benzene rings is 1. The van der Waals surface area contributed by atoms with E-state index in [1.165, 1.54) is 0 Å². The Morgan fingerprint density at radius 2 is 2.17 bits per heavy atom. The van der Waals surface area contributed by atoms with Gasteiger partial charge in [-0.05, 0) is 19.9 Å². The second-order valence-electron chi connectivity index (χ2n) is 4.16. The zero-order valence-corrected chi connectivity index (χ0v) is 11.5. The molecule has 96 valence electrons. The lowest BCUT2D eigenvalue weighted by Gasteiger charge is -2.15. The van der Waals surface area contributed by atoms with E-state index in [1.807, 2.05) is 38.1 Å². The number of hydrogen-bond donors (Lipinski definition) is 1. The highest BCUT2D eigenvalue weighted by Gasteiger charge is 2.13. The third kappa shape index (κ3) is 3.09. The summed E-state index contributed by atoms with van der Waals surface area (Å²) in [5.74, 6) is 0.876. The van der Waals surface area contributed by atoms with E-state index in [9.17, 15) is 0 Å². The molecule has 0 aliphatic heterocycles. The SMILES string of the molecule is CCOc1ccccc1C(N)Cc1nc(C)cs1. The van der Waals surface area contributed by atoms with Crippen LogP contribution in [0.3, 0.4) is 0 Å². The van der Waals surface area contributed by atoms with Gasteiger partial charge in [-0.2, -0.15) is 0 Å². The van der Waals surface area contributed by atoms with Crippen molar-refractivity contribution >= 4 is 11.3 Å². The lowest BCUT2D eigenvalue weighted by Crippen LogP contribution is -2.14. The molecular formula is C14H18N2OS. The van der Waals surface area contributed by atoms with Crippen LogP contribution >= 0.6 is 11.3 Å². The molecule has 1 aromatic heterocycles. The maximum absolute atomic E-state index is 6.25. The fourth-order valence-corrected chi connectivity index (χ4v) is 2.70. The highest BCUT2D eigenvalue weighted by atomic mass is 32.1. The molecule has 1 aromatic carbocycles. The summed E-state index contributed by atoms with van der Waals surface area (Å²) < 4.78 is 5.60. The molecule has 0 spiro atoms. The van der Waals surface area contributed by atoms with E-state index in [4.69, 9.17) is 10.5 Å². The number of para-hydroxylation sites is 1. The van der Waals surface area contributed by atoms with E-state index < -0.39 is 0 Å². The summed E-state index contributed by atoms with van der Waals surface area (Å²) in [6.07, 6.45) is 0.753. The van der Waals surface area contributed by atoms with Crippen molar-refractivity contribution in [3.63, 3.8) is 0 Å². The van der Waals surface area contributed by atoms with Crippen molar-refractivity contribution in [2.24, 2.45) is 5.73 Å². The number of nitrogens with two attached hydrogens (primary N) is 1. The average Bonchev–Trinajstić information content (AvgIpc) is 2.76. The van der Waals surface area contributed by atoms with Gasteiger partial charge < -0.3 is 10.5 Å². The smallest absolute Gasteiger partial charge is 0.124 e. The van der Waals surface area contributed by atoms with E-state index in [0.717, 1.165) is 28.4 Å². The molecular weight excluding hydrogens is 244 g/mol. The Hall–Kier alpha value is -1.39. The van der Waals surface area contributed by atoms with Crippen LogP contribution in [-0.4, -0.2) is 11.6 Å². The average molecular weight is 262 g/mol. The summed E-state index contributed by atoms with van der Waals surface area (Å²) in [7, 11) is 0. The van der Waals surface area contributed by atoms with Gasteiger partial charge in [0.25, 0.3) is 0 Å². The first-order valence-electron chi connectivity index (χ1n) is 6.09. The standard InChI is InChI=1S/C14H18N2OS/c1-3-17-13-7-5-4-6-11(13)12(15)8-14-16-10(2)9-18-14/h4-7,9,12H,3,8,15H2,1-2H3. The summed E-state index contributed by atoms with van der Waals surface area (Å²) in [6, 6.07) is 7.87. The number of rotatable bonds is 5. The van der Waals surface area contributed by atoms with Crippen LogP contribution in [0.2, 0.25) is 0 Å². The Bertz CT molecular complexity index is 510. The molecule has 18 heavy (non-hydrogen) atoms. The number of aryl methyl sites for hydroxylation is 1. The molecule has 0 bridgehead atoms. The first-order valence-corrected chi connectivity index (χ1v) is 6.97. The maximum atomic E-state index is 6.25. The van der Waals surface area contributed by atoms with Crippen LogP contribution in [0, 0.1) is 6.92 Å². The van der Waals surface area contributed by atoms with Crippen LogP contribution in [0.4, 0.5) is 0 Å². The van der Waals surface area contributed by atoms with Crippen molar-refractivity contribution in [1.82, 2.24) is 4.98 Å². The van der Waals surface area contributed by atoms with Crippen LogP contribution in [0.15, 0.2) is 29.6 Å². The maximum Gasteiger partial charge on any atom is 0.124 e. The van der Waals surface area contributed by atoms with Gasteiger partial charge in [-0.25, -0.2) is 4.98 Å². The van der Waals surface area contributed by atoms with Crippen LogP contribution < -0.4 is 10.5 Å². The normalized spacial score (nSPS) is 12.4. The summed E-state index contributed by atoms with van der Waals surface area (Å²) >= 11 is 1.66. The highest BCUT2D eigenvalue weighted by Crippen LogP contribution is 2.26. The number of thiazole rings is 1. The number of nitrogens with zero attached hydrogens (tertiary/aromatic N) is 1. The van der Waals surface area contributed by atoms with Gasteiger partial charge >= 0.3 is 0 Å². The van der Waals surface area contributed by atoms with Crippen molar-refractivity contribution in [3.05, 3.63) is 45.9 Å². The van der Waals surface area contributed by atoms with Crippen molar-refractivity contribution in [2.45, 2.75) is 26.3 Å². The molecule has 1 atom stereocenters. The summed E-state index contributed by atoms with van der Waals surface area (Å²) in [5.41, 5.74) is 8.36. The minimum Gasteiger partial charge on any atom is -0.494 e. The second-order valence-corrected chi connectivity index (χ2v) is 5.11. The zero-order chi connectivity index (χ0) is 13.0. The molecule has 0 saturated heterocycles. The van der Waals surface area contributed by atoms with Gasteiger partial charge in [-0.3, -0.25) is 0 Å². The molecule has 2 rings (SSSR count). The second kappa shape index (κ2) is 5.98. The Balaban J connectivity index is 2.15. The molecule has 1 unspecified atom stereocenters. The molecule has 2 aromatic rings. The van der Waals surface area contributed by atoms with Gasteiger partial charge in [0, 0.05) is 29.1 Å². The van der Waals surface area contributed by atoms with E-state index >= 15 is 0 Å². The lowest BCUT2D eigenvalue weighted by atomic mass is 10.0. The van der Waals surface area contributed by atoms with Crippen LogP contribution in [0.25, 0.3) is 0 Å². The van der Waals surface area contributed by atoms with Gasteiger partial charge in [-0.15, -0.1) is 11.3 Å². The Labute approximate surface area is 112 Å². The third-order valence-electron chi connectivity index (χ3n) is 2.68.